The van der Waals surface area contributed by atoms with Crippen LogP contribution < -0.4 is 0 Å². The van der Waals surface area contributed by atoms with Crippen molar-refractivity contribution in [1.29, 1.82) is 0 Å². The maximum atomic E-state index is 8.19. The SMILES string of the molecule is [N-]=[N+]=NCc1cn[nH]c1-c1ccco1. The second-order valence-corrected chi connectivity index (χ2v) is 2.64. The van der Waals surface area contributed by atoms with Crippen LogP contribution in [0.25, 0.3) is 21.9 Å². The lowest BCUT2D eigenvalue weighted by atomic mass is 10.2. The van der Waals surface area contributed by atoms with Gasteiger partial charge < -0.3 is 4.42 Å². The van der Waals surface area contributed by atoms with Crippen LogP contribution in [-0.4, -0.2) is 10.2 Å². The molecule has 0 spiro atoms. The molecule has 0 aliphatic rings. The average Bonchev–Trinajstić information content (AvgIpc) is 2.84. The monoisotopic (exact) mass is 189 g/mol. The molecule has 6 heteroatoms. The molecule has 6 nitrogen and oxygen atoms in total. The van der Waals surface area contributed by atoms with E-state index < -0.39 is 0 Å². The van der Waals surface area contributed by atoms with Gasteiger partial charge in [0.15, 0.2) is 5.76 Å². The van der Waals surface area contributed by atoms with Gasteiger partial charge in [0, 0.05) is 10.5 Å². The van der Waals surface area contributed by atoms with Crippen LogP contribution in [-0.2, 0) is 6.54 Å². The van der Waals surface area contributed by atoms with Gasteiger partial charge in [0.1, 0.15) is 5.69 Å². The lowest BCUT2D eigenvalue weighted by Crippen LogP contribution is -1.81. The smallest absolute Gasteiger partial charge is 0.151 e. The standard InChI is InChI=1S/C8H7N5O/c9-13-11-5-6-4-10-12-8(6)7-2-1-3-14-7/h1-4H,5H2,(H,10,12). The Morgan fingerprint density at radius 1 is 1.64 bits per heavy atom. The Bertz CT molecular complexity index is 452. The summed E-state index contributed by atoms with van der Waals surface area (Å²) >= 11 is 0. The van der Waals surface area contributed by atoms with Crippen LogP contribution in [0.2, 0.25) is 0 Å². The minimum Gasteiger partial charge on any atom is -0.463 e. The van der Waals surface area contributed by atoms with Crippen LogP contribution >= 0.6 is 0 Å². The first-order valence-corrected chi connectivity index (χ1v) is 3.99. The summed E-state index contributed by atoms with van der Waals surface area (Å²) in [6, 6.07) is 3.60. The summed E-state index contributed by atoms with van der Waals surface area (Å²) in [4.78, 5) is 2.69. The summed E-state index contributed by atoms with van der Waals surface area (Å²) < 4.78 is 5.19. The molecule has 0 amide bonds. The Balaban J connectivity index is 2.34. The number of rotatable bonds is 3. The van der Waals surface area contributed by atoms with Gasteiger partial charge in [-0.15, -0.1) is 0 Å². The fraction of sp³-hybridized carbons (Fsp3) is 0.125. The van der Waals surface area contributed by atoms with E-state index in [4.69, 9.17) is 9.95 Å². The molecule has 0 saturated heterocycles. The second-order valence-electron chi connectivity index (χ2n) is 2.64. The predicted molar refractivity (Wildman–Crippen MR) is 49.1 cm³/mol. The fourth-order valence-corrected chi connectivity index (χ4v) is 1.17. The van der Waals surface area contributed by atoms with E-state index in [9.17, 15) is 0 Å². The minimum atomic E-state index is 0.267. The summed E-state index contributed by atoms with van der Waals surface area (Å²) in [7, 11) is 0. The number of aromatic amines is 1. The zero-order valence-electron chi connectivity index (χ0n) is 7.21. The molecule has 0 aromatic carbocycles. The summed E-state index contributed by atoms with van der Waals surface area (Å²) in [6.45, 7) is 0.267. The molecular formula is C8H7N5O. The van der Waals surface area contributed by atoms with E-state index >= 15 is 0 Å². The van der Waals surface area contributed by atoms with Gasteiger partial charge in [-0.25, -0.2) is 0 Å². The predicted octanol–water partition coefficient (Wildman–Crippen LogP) is 2.48. The number of nitrogens with one attached hydrogen (secondary N) is 1. The molecule has 1 N–H and O–H groups in total. The van der Waals surface area contributed by atoms with Gasteiger partial charge in [0.05, 0.1) is 19.0 Å². The quantitative estimate of drug-likeness (QED) is 0.456. The lowest BCUT2D eigenvalue weighted by Gasteiger charge is -1.94. The van der Waals surface area contributed by atoms with Crippen LogP contribution in [0.15, 0.2) is 34.1 Å². The van der Waals surface area contributed by atoms with Crippen LogP contribution in [0, 0.1) is 0 Å². The number of H-pyrrole nitrogens is 1. The summed E-state index contributed by atoms with van der Waals surface area (Å²) in [5.74, 6) is 0.686. The Labute approximate surface area is 79.2 Å². The first-order chi connectivity index (χ1) is 6.92. The normalized spacial score (nSPS) is 9.71. The van der Waals surface area contributed by atoms with Crippen molar-refractivity contribution in [2.45, 2.75) is 6.54 Å². The first kappa shape index (κ1) is 8.40. The first-order valence-electron chi connectivity index (χ1n) is 3.99. The van der Waals surface area contributed by atoms with Crippen LogP contribution in [0.4, 0.5) is 0 Å². The topological polar surface area (TPSA) is 90.6 Å². The number of hydrogen-bond acceptors (Lipinski definition) is 3. The molecule has 2 aromatic heterocycles. The van der Waals surface area contributed by atoms with E-state index in [0.717, 1.165) is 11.3 Å². The van der Waals surface area contributed by atoms with E-state index in [2.05, 4.69) is 20.2 Å². The van der Waals surface area contributed by atoms with Crippen molar-refractivity contribution in [3.63, 3.8) is 0 Å². The minimum absolute atomic E-state index is 0.267. The molecule has 0 unspecified atom stereocenters. The van der Waals surface area contributed by atoms with Gasteiger partial charge >= 0.3 is 0 Å². The highest BCUT2D eigenvalue weighted by Gasteiger charge is 2.08. The van der Waals surface area contributed by atoms with E-state index in [0.29, 0.717) is 5.76 Å². The number of azide groups is 1. The third-order valence-corrected chi connectivity index (χ3v) is 1.79. The summed E-state index contributed by atoms with van der Waals surface area (Å²) in [6.07, 6.45) is 3.19. The van der Waals surface area contributed by atoms with E-state index in [1.165, 1.54) is 0 Å². The molecule has 2 aromatic rings. The van der Waals surface area contributed by atoms with Gasteiger partial charge in [0.2, 0.25) is 0 Å². The molecule has 0 bridgehead atoms. The molecule has 0 saturated carbocycles. The Morgan fingerprint density at radius 2 is 2.57 bits per heavy atom. The third-order valence-electron chi connectivity index (χ3n) is 1.79. The Hall–Kier alpha value is -2.20. The highest BCUT2D eigenvalue weighted by atomic mass is 16.3. The van der Waals surface area contributed by atoms with E-state index in [1.54, 1.807) is 18.5 Å². The third kappa shape index (κ3) is 1.46. The number of nitrogens with zero attached hydrogens (tertiary/aromatic N) is 4. The average molecular weight is 189 g/mol. The lowest BCUT2D eigenvalue weighted by molar-refractivity contribution is 0.579. The van der Waals surface area contributed by atoms with Crippen molar-refractivity contribution < 1.29 is 4.42 Å². The molecule has 2 heterocycles. The van der Waals surface area contributed by atoms with E-state index in [-0.39, 0.29) is 6.54 Å². The Morgan fingerprint density at radius 3 is 3.29 bits per heavy atom. The molecule has 0 radical (unpaired) electrons. The number of furan rings is 1. The maximum Gasteiger partial charge on any atom is 0.151 e. The van der Waals surface area contributed by atoms with Gasteiger partial charge in [-0.1, -0.05) is 5.11 Å². The van der Waals surface area contributed by atoms with Gasteiger partial charge in [0.25, 0.3) is 0 Å². The van der Waals surface area contributed by atoms with Crippen molar-refractivity contribution in [1.82, 2.24) is 10.2 Å². The van der Waals surface area contributed by atoms with Crippen molar-refractivity contribution in [2.75, 3.05) is 0 Å². The Kier molecular flexibility index (Phi) is 2.21. The summed E-state index contributed by atoms with van der Waals surface area (Å²) in [5, 5.41) is 10.1. The van der Waals surface area contributed by atoms with E-state index in [1.807, 2.05) is 6.07 Å². The van der Waals surface area contributed by atoms with Crippen LogP contribution in [0.1, 0.15) is 5.56 Å². The van der Waals surface area contributed by atoms with Gasteiger partial charge in [-0.05, 0) is 17.7 Å². The number of aromatic nitrogens is 2. The largest absolute Gasteiger partial charge is 0.463 e. The zero-order valence-corrected chi connectivity index (χ0v) is 7.21. The van der Waals surface area contributed by atoms with Crippen molar-refractivity contribution in [3.8, 4) is 11.5 Å². The number of hydrogen-bond donors (Lipinski definition) is 1. The molecule has 70 valence electrons. The van der Waals surface area contributed by atoms with Crippen LogP contribution in [0.5, 0.6) is 0 Å². The molecule has 0 aliphatic carbocycles. The van der Waals surface area contributed by atoms with Crippen LogP contribution in [0.3, 0.4) is 0 Å². The fourth-order valence-electron chi connectivity index (χ4n) is 1.17. The summed E-state index contributed by atoms with van der Waals surface area (Å²) in [5.41, 5.74) is 9.76. The molecule has 0 atom stereocenters. The molecule has 0 aliphatic heterocycles. The molecule has 0 fully saturated rings. The van der Waals surface area contributed by atoms with Gasteiger partial charge in [-0.3, -0.25) is 5.10 Å². The second kappa shape index (κ2) is 3.68. The highest BCUT2D eigenvalue weighted by molar-refractivity contribution is 5.55. The maximum absolute atomic E-state index is 8.19. The van der Waals surface area contributed by atoms with Gasteiger partial charge in [-0.2, -0.15) is 5.10 Å². The molecular weight excluding hydrogens is 182 g/mol. The molecule has 2 rings (SSSR count). The molecule has 14 heavy (non-hydrogen) atoms. The van der Waals surface area contributed by atoms with Crippen molar-refractivity contribution in [3.05, 3.63) is 40.6 Å². The zero-order chi connectivity index (χ0) is 9.80. The highest BCUT2D eigenvalue weighted by Crippen LogP contribution is 2.21. The van der Waals surface area contributed by atoms with Crippen molar-refractivity contribution >= 4 is 0 Å². The van der Waals surface area contributed by atoms with Crippen molar-refractivity contribution in [2.24, 2.45) is 5.11 Å².